The summed E-state index contributed by atoms with van der Waals surface area (Å²) in [6, 6.07) is 10.9. The number of nitrogen functional groups attached to an aromatic ring is 1. The van der Waals surface area contributed by atoms with Crippen LogP contribution in [-0.4, -0.2) is 11.6 Å². The number of halogens is 1. The predicted octanol–water partition coefficient (Wildman–Crippen LogP) is 3.25. The SMILES string of the molecule is C/C(=N/NC(=O)c1ccc(Br)s1)c1ccc(N)cc1. The van der Waals surface area contributed by atoms with Gasteiger partial charge in [-0.1, -0.05) is 12.1 Å². The molecule has 6 heteroatoms. The summed E-state index contributed by atoms with van der Waals surface area (Å²) in [6.45, 7) is 1.83. The molecule has 0 spiro atoms. The lowest BCUT2D eigenvalue weighted by Crippen LogP contribution is -2.18. The largest absolute Gasteiger partial charge is 0.399 e. The molecule has 0 aliphatic carbocycles. The van der Waals surface area contributed by atoms with E-state index in [-0.39, 0.29) is 5.91 Å². The zero-order valence-electron chi connectivity index (χ0n) is 10.2. The zero-order chi connectivity index (χ0) is 13.8. The average Bonchev–Trinajstić information content (AvgIpc) is 2.83. The van der Waals surface area contributed by atoms with E-state index in [2.05, 4.69) is 26.5 Å². The molecule has 4 nitrogen and oxygen atoms in total. The zero-order valence-corrected chi connectivity index (χ0v) is 12.6. The fraction of sp³-hybridized carbons (Fsp3) is 0.0769. The Morgan fingerprint density at radius 2 is 1.95 bits per heavy atom. The highest BCUT2D eigenvalue weighted by Crippen LogP contribution is 2.21. The van der Waals surface area contributed by atoms with Crippen LogP contribution in [-0.2, 0) is 0 Å². The molecule has 0 aliphatic rings. The number of benzene rings is 1. The van der Waals surface area contributed by atoms with Gasteiger partial charge in [-0.3, -0.25) is 4.79 Å². The summed E-state index contributed by atoms with van der Waals surface area (Å²) >= 11 is 4.68. The van der Waals surface area contributed by atoms with Gasteiger partial charge in [-0.15, -0.1) is 11.3 Å². The van der Waals surface area contributed by atoms with E-state index < -0.39 is 0 Å². The summed E-state index contributed by atoms with van der Waals surface area (Å²) in [5.74, 6) is -0.217. The normalized spacial score (nSPS) is 11.4. The maximum atomic E-state index is 11.8. The van der Waals surface area contributed by atoms with Crippen molar-refractivity contribution < 1.29 is 4.79 Å². The lowest BCUT2D eigenvalue weighted by molar-refractivity contribution is 0.0959. The van der Waals surface area contributed by atoms with E-state index in [0.29, 0.717) is 10.6 Å². The van der Waals surface area contributed by atoms with Crippen molar-refractivity contribution in [2.24, 2.45) is 5.10 Å². The first-order valence-electron chi connectivity index (χ1n) is 5.52. The molecule has 98 valence electrons. The second-order valence-corrected chi connectivity index (χ2v) is 6.33. The van der Waals surface area contributed by atoms with Crippen molar-refractivity contribution in [2.45, 2.75) is 6.92 Å². The van der Waals surface area contributed by atoms with Crippen LogP contribution in [0.2, 0.25) is 0 Å². The molecule has 2 rings (SSSR count). The molecule has 0 saturated carbocycles. The van der Waals surface area contributed by atoms with Crippen molar-refractivity contribution in [3.63, 3.8) is 0 Å². The molecule has 1 amide bonds. The van der Waals surface area contributed by atoms with Crippen molar-refractivity contribution in [1.82, 2.24) is 5.43 Å². The van der Waals surface area contributed by atoms with Gasteiger partial charge in [-0.25, -0.2) is 5.43 Å². The Balaban J connectivity index is 2.06. The smallest absolute Gasteiger partial charge is 0.281 e. The van der Waals surface area contributed by atoms with E-state index in [1.54, 1.807) is 18.2 Å². The Hall–Kier alpha value is -1.66. The van der Waals surface area contributed by atoms with Gasteiger partial charge < -0.3 is 5.73 Å². The summed E-state index contributed by atoms with van der Waals surface area (Å²) in [4.78, 5) is 12.4. The number of nitrogens with zero attached hydrogens (tertiary/aromatic N) is 1. The number of hydrazone groups is 1. The monoisotopic (exact) mass is 337 g/mol. The molecular formula is C13H12BrN3OS. The topological polar surface area (TPSA) is 67.5 Å². The highest BCUT2D eigenvalue weighted by atomic mass is 79.9. The van der Waals surface area contributed by atoms with Crippen LogP contribution >= 0.6 is 27.3 Å². The predicted molar refractivity (Wildman–Crippen MR) is 82.6 cm³/mol. The molecule has 2 aromatic rings. The van der Waals surface area contributed by atoms with Crippen LogP contribution in [0, 0.1) is 0 Å². The van der Waals surface area contributed by atoms with Crippen molar-refractivity contribution in [3.05, 3.63) is 50.6 Å². The van der Waals surface area contributed by atoms with E-state index in [4.69, 9.17) is 5.73 Å². The van der Waals surface area contributed by atoms with Crippen LogP contribution < -0.4 is 11.2 Å². The third-order valence-electron chi connectivity index (χ3n) is 2.45. The molecule has 0 atom stereocenters. The van der Waals surface area contributed by atoms with Gasteiger partial charge in [-0.05, 0) is 52.7 Å². The Kier molecular flexibility index (Phi) is 4.34. The van der Waals surface area contributed by atoms with E-state index in [0.717, 1.165) is 15.1 Å². The van der Waals surface area contributed by atoms with E-state index in [9.17, 15) is 4.79 Å². The van der Waals surface area contributed by atoms with Gasteiger partial charge in [0, 0.05) is 5.69 Å². The van der Waals surface area contributed by atoms with Crippen LogP contribution in [0.15, 0.2) is 45.3 Å². The van der Waals surface area contributed by atoms with Crippen LogP contribution in [0.3, 0.4) is 0 Å². The molecule has 3 N–H and O–H groups in total. The lowest BCUT2D eigenvalue weighted by Gasteiger charge is -2.02. The molecule has 0 bridgehead atoms. The van der Waals surface area contributed by atoms with Crippen LogP contribution in [0.4, 0.5) is 5.69 Å². The lowest BCUT2D eigenvalue weighted by atomic mass is 10.1. The molecule has 0 radical (unpaired) electrons. The molecule has 0 saturated heterocycles. The number of anilines is 1. The van der Waals surface area contributed by atoms with Crippen LogP contribution in [0.25, 0.3) is 0 Å². The number of hydrogen-bond donors (Lipinski definition) is 2. The molecule has 1 heterocycles. The Labute approximate surface area is 123 Å². The van der Waals surface area contributed by atoms with Gasteiger partial charge in [0.2, 0.25) is 0 Å². The average molecular weight is 338 g/mol. The summed E-state index contributed by atoms with van der Waals surface area (Å²) in [5.41, 5.74) is 10.5. The van der Waals surface area contributed by atoms with Crippen LogP contribution in [0.1, 0.15) is 22.2 Å². The number of nitrogens with two attached hydrogens (primary N) is 1. The number of rotatable bonds is 3. The molecule has 19 heavy (non-hydrogen) atoms. The fourth-order valence-corrected chi connectivity index (χ4v) is 2.69. The van der Waals surface area contributed by atoms with Crippen molar-refractivity contribution >= 4 is 44.6 Å². The summed E-state index contributed by atoms with van der Waals surface area (Å²) < 4.78 is 0.914. The number of thiophene rings is 1. The van der Waals surface area contributed by atoms with Crippen LogP contribution in [0.5, 0.6) is 0 Å². The maximum Gasteiger partial charge on any atom is 0.281 e. The molecule has 0 fully saturated rings. The highest BCUT2D eigenvalue weighted by Gasteiger charge is 2.07. The van der Waals surface area contributed by atoms with Gasteiger partial charge in [-0.2, -0.15) is 5.10 Å². The Morgan fingerprint density at radius 3 is 2.53 bits per heavy atom. The first-order valence-corrected chi connectivity index (χ1v) is 7.13. The van der Waals surface area contributed by atoms with Gasteiger partial charge >= 0.3 is 0 Å². The van der Waals surface area contributed by atoms with Gasteiger partial charge in [0.25, 0.3) is 5.91 Å². The minimum atomic E-state index is -0.217. The quantitative estimate of drug-likeness (QED) is 0.512. The van der Waals surface area contributed by atoms with Gasteiger partial charge in [0.15, 0.2) is 0 Å². The second kappa shape index (κ2) is 5.99. The highest BCUT2D eigenvalue weighted by molar-refractivity contribution is 9.11. The molecular weight excluding hydrogens is 326 g/mol. The maximum absolute atomic E-state index is 11.8. The second-order valence-electron chi connectivity index (χ2n) is 3.86. The molecule has 1 aromatic carbocycles. The van der Waals surface area contributed by atoms with Gasteiger partial charge in [0.1, 0.15) is 0 Å². The van der Waals surface area contributed by atoms with Crippen molar-refractivity contribution in [2.75, 3.05) is 5.73 Å². The molecule has 0 aliphatic heterocycles. The number of nitrogens with one attached hydrogen (secondary N) is 1. The summed E-state index contributed by atoms with van der Waals surface area (Å²) in [7, 11) is 0. The van der Waals surface area contributed by atoms with Crippen molar-refractivity contribution in [1.29, 1.82) is 0 Å². The van der Waals surface area contributed by atoms with Gasteiger partial charge in [0.05, 0.1) is 14.4 Å². The molecule has 1 aromatic heterocycles. The van der Waals surface area contributed by atoms with E-state index >= 15 is 0 Å². The number of carbonyl (C=O) groups is 1. The first kappa shape index (κ1) is 13.8. The molecule has 0 unspecified atom stereocenters. The van der Waals surface area contributed by atoms with E-state index in [1.165, 1.54) is 11.3 Å². The minimum absolute atomic E-state index is 0.217. The van der Waals surface area contributed by atoms with E-state index in [1.807, 2.05) is 25.1 Å². The number of amides is 1. The standard InChI is InChI=1S/C13H12BrN3OS/c1-8(9-2-4-10(15)5-3-9)16-17-13(18)11-6-7-12(14)19-11/h2-7H,15H2,1H3,(H,17,18)/b16-8-. The fourth-order valence-electron chi connectivity index (χ4n) is 1.41. The number of hydrogen-bond acceptors (Lipinski definition) is 4. The number of carbonyl (C=O) groups excluding carboxylic acids is 1. The Bertz CT molecular complexity index is 619. The van der Waals surface area contributed by atoms with Crippen molar-refractivity contribution in [3.8, 4) is 0 Å². The summed E-state index contributed by atoms with van der Waals surface area (Å²) in [6.07, 6.45) is 0. The Morgan fingerprint density at radius 1 is 1.26 bits per heavy atom. The minimum Gasteiger partial charge on any atom is -0.399 e. The third kappa shape index (κ3) is 3.65. The third-order valence-corrected chi connectivity index (χ3v) is 4.07. The first-order chi connectivity index (χ1) is 9.06. The summed E-state index contributed by atoms with van der Waals surface area (Å²) in [5, 5.41) is 4.08.